The van der Waals surface area contributed by atoms with E-state index in [0.717, 1.165) is 0 Å². The van der Waals surface area contributed by atoms with Crippen LogP contribution in [0.2, 0.25) is 0 Å². The molecule has 128 valence electrons. The van der Waals surface area contributed by atoms with Crippen LogP contribution in [0.4, 0.5) is 5.82 Å². The zero-order chi connectivity index (χ0) is 17.9. The topological polar surface area (TPSA) is 136 Å². The van der Waals surface area contributed by atoms with E-state index in [1.165, 1.54) is 17.7 Å². The van der Waals surface area contributed by atoms with Crippen molar-refractivity contribution < 1.29 is 9.59 Å². The van der Waals surface area contributed by atoms with Crippen LogP contribution in [0.25, 0.3) is 0 Å². The lowest BCUT2D eigenvalue weighted by atomic mass is 10.1. The number of carbonyl (C=O) groups excluding carboxylic acids is 2. The zero-order valence-electron chi connectivity index (χ0n) is 13.8. The second-order valence-corrected chi connectivity index (χ2v) is 5.48. The molecule has 0 aromatic carbocycles. The van der Waals surface area contributed by atoms with E-state index in [4.69, 9.17) is 5.73 Å². The molecule has 0 radical (unpaired) electrons. The molecule has 0 saturated heterocycles. The highest BCUT2D eigenvalue weighted by atomic mass is 16.2. The minimum atomic E-state index is -0.330. The molecular weight excluding hydrogens is 312 g/mol. The molecule has 2 aromatic rings. The van der Waals surface area contributed by atoms with Gasteiger partial charge in [-0.05, 0) is 20.8 Å². The first-order chi connectivity index (χ1) is 11.3. The number of H-pyrrole nitrogens is 1. The van der Waals surface area contributed by atoms with Gasteiger partial charge in [0.05, 0.1) is 11.3 Å². The van der Waals surface area contributed by atoms with Crippen molar-refractivity contribution in [2.75, 3.05) is 12.3 Å². The monoisotopic (exact) mass is 332 g/mol. The summed E-state index contributed by atoms with van der Waals surface area (Å²) in [5.74, 6) is 0.222. The summed E-state index contributed by atoms with van der Waals surface area (Å²) in [5.41, 5.74) is 6.98. The summed E-state index contributed by atoms with van der Waals surface area (Å²) in [5, 5.41) is 6.94. The van der Waals surface area contributed by atoms with Crippen LogP contribution in [0.15, 0.2) is 10.9 Å². The molecule has 24 heavy (non-hydrogen) atoms. The van der Waals surface area contributed by atoms with Gasteiger partial charge in [0.1, 0.15) is 18.2 Å². The summed E-state index contributed by atoms with van der Waals surface area (Å²) in [6, 6.07) is 1.19. The van der Waals surface area contributed by atoms with Gasteiger partial charge >= 0.3 is 0 Å². The number of hydrogen-bond donors (Lipinski definition) is 3. The van der Waals surface area contributed by atoms with E-state index in [9.17, 15) is 14.4 Å². The molecule has 9 heteroatoms. The van der Waals surface area contributed by atoms with E-state index >= 15 is 0 Å². The number of nitrogens with two attached hydrogens (primary N) is 1. The van der Waals surface area contributed by atoms with Crippen molar-refractivity contribution in [2.24, 2.45) is 0 Å². The van der Waals surface area contributed by atoms with Crippen molar-refractivity contribution in [3.05, 3.63) is 39.2 Å². The van der Waals surface area contributed by atoms with Gasteiger partial charge in [-0.25, -0.2) is 4.98 Å². The summed E-state index contributed by atoms with van der Waals surface area (Å²) >= 11 is 0. The Morgan fingerprint density at radius 2 is 2.08 bits per heavy atom. The van der Waals surface area contributed by atoms with Gasteiger partial charge in [0, 0.05) is 24.7 Å². The van der Waals surface area contributed by atoms with Crippen LogP contribution in [0.5, 0.6) is 0 Å². The minimum absolute atomic E-state index is 0.0147. The van der Waals surface area contributed by atoms with E-state index in [0.29, 0.717) is 35.7 Å². The highest BCUT2D eigenvalue weighted by Crippen LogP contribution is 2.13. The highest BCUT2D eigenvalue weighted by Gasteiger charge is 2.16. The fraction of sp³-hybridized carbons (Fsp3) is 0.400. The van der Waals surface area contributed by atoms with Crippen molar-refractivity contribution >= 4 is 17.5 Å². The van der Waals surface area contributed by atoms with Crippen LogP contribution < -0.4 is 16.6 Å². The first-order valence-electron chi connectivity index (χ1n) is 7.45. The number of aromatic amines is 1. The van der Waals surface area contributed by atoms with Gasteiger partial charge < -0.3 is 16.0 Å². The Balaban J connectivity index is 1.93. The Hall–Kier alpha value is -2.97. The van der Waals surface area contributed by atoms with E-state index in [2.05, 4.69) is 20.4 Å². The van der Waals surface area contributed by atoms with Crippen LogP contribution in [0.3, 0.4) is 0 Å². The third kappa shape index (κ3) is 4.06. The van der Waals surface area contributed by atoms with Gasteiger partial charge in [-0.2, -0.15) is 5.10 Å². The minimum Gasteiger partial charge on any atom is -0.383 e. The number of aryl methyl sites for hydroxylation is 1. The maximum atomic E-state index is 12.0. The molecule has 2 rings (SSSR count). The highest BCUT2D eigenvalue weighted by molar-refractivity contribution is 5.96. The molecule has 2 heterocycles. The molecule has 0 bridgehead atoms. The SMILES string of the molecule is CC(=O)c1c(C)nn(CC(=O)NCCc2nc(N)cc(=O)[nH]2)c1C. The number of ketones is 1. The Morgan fingerprint density at radius 3 is 2.67 bits per heavy atom. The van der Waals surface area contributed by atoms with Gasteiger partial charge in [-0.3, -0.25) is 19.1 Å². The van der Waals surface area contributed by atoms with Crippen LogP contribution in [0, 0.1) is 13.8 Å². The van der Waals surface area contributed by atoms with Crippen molar-refractivity contribution in [1.29, 1.82) is 0 Å². The molecule has 4 N–H and O–H groups in total. The molecule has 1 amide bonds. The smallest absolute Gasteiger partial charge is 0.252 e. The Morgan fingerprint density at radius 1 is 1.38 bits per heavy atom. The second-order valence-electron chi connectivity index (χ2n) is 5.48. The average Bonchev–Trinajstić information content (AvgIpc) is 2.72. The predicted octanol–water partition coefficient (Wildman–Crippen LogP) is -0.273. The van der Waals surface area contributed by atoms with Gasteiger partial charge in [0.25, 0.3) is 5.56 Å². The van der Waals surface area contributed by atoms with Crippen molar-refractivity contribution in [1.82, 2.24) is 25.1 Å². The number of Topliss-reactive ketones (excluding diaryl/α,β-unsaturated/α-hetero) is 1. The maximum absolute atomic E-state index is 12.0. The number of nitrogens with zero attached hydrogens (tertiary/aromatic N) is 3. The average molecular weight is 332 g/mol. The summed E-state index contributed by atoms with van der Waals surface area (Å²) in [6.45, 7) is 5.27. The van der Waals surface area contributed by atoms with Crippen LogP contribution in [-0.2, 0) is 17.8 Å². The normalized spacial score (nSPS) is 10.6. The Bertz CT molecular complexity index is 836. The number of hydrogen-bond acceptors (Lipinski definition) is 6. The first-order valence-corrected chi connectivity index (χ1v) is 7.45. The summed E-state index contributed by atoms with van der Waals surface area (Å²) in [4.78, 5) is 41.4. The van der Waals surface area contributed by atoms with Gasteiger partial charge in [0.15, 0.2) is 5.78 Å². The summed E-state index contributed by atoms with van der Waals surface area (Å²) in [6.07, 6.45) is 0.349. The largest absolute Gasteiger partial charge is 0.383 e. The number of anilines is 1. The van der Waals surface area contributed by atoms with Crippen molar-refractivity contribution in [3.8, 4) is 0 Å². The van der Waals surface area contributed by atoms with E-state index in [-0.39, 0.29) is 29.6 Å². The molecule has 0 atom stereocenters. The second kappa shape index (κ2) is 7.07. The standard InChI is InChI=1S/C15H20N6O3/c1-8-15(10(3)22)9(2)21(20-8)7-14(24)17-5-4-12-18-11(16)6-13(23)19-12/h6H,4-5,7H2,1-3H3,(H,17,24)(H3,16,18,19,23). The molecule has 9 nitrogen and oxygen atoms in total. The molecule has 0 aliphatic carbocycles. The van der Waals surface area contributed by atoms with Crippen LogP contribution in [0.1, 0.15) is 34.5 Å². The fourth-order valence-electron chi connectivity index (χ4n) is 2.52. The molecule has 2 aromatic heterocycles. The molecule has 0 unspecified atom stereocenters. The van der Waals surface area contributed by atoms with Crippen LogP contribution in [-0.4, -0.2) is 38.0 Å². The van der Waals surface area contributed by atoms with E-state index in [1.807, 2.05) is 0 Å². The lowest BCUT2D eigenvalue weighted by molar-refractivity contribution is -0.121. The van der Waals surface area contributed by atoms with E-state index in [1.54, 1.807) is 13.8 Å². The number of nitrogen functional groups attached to an aromatic ring is 1. The molecule has 0 aliphatic rings. The molecular formula is C15H20N6O3. The van der Waals surface area contributed by atoms with E-state index < -0.39 is 0 Å². The Kier molecular flexibility index (Phi) is 5.12. The number of carbonyl (C=O) groups is 2. The van der Waals surface area contributed by atoms with Crippen LogP contribution >= 0.6 is 0 Å². The number of rotatable bonds is 6. The van der Waals surface area contributed by atoms with Gasteiger partial charge in [0.2, 0.25) is 5.91 Å². The predicted molar refractivity (Wildman–Crippen MR) is 87.7 cm³/mol. The first kappa shape index (κ1) is 17.4. The quantitative estimate of drug-likeness (QED) is 0.623. The fourth-order valence-corrected chi connectivity index (χ4v) is 2.52. The lowest BCUT2D eigenvalue weighted by Gasteiger charge is -2.07. The third-order valence-electron chi connectivity index (χ3n) is 3.52. The van der Waals surface area contributed by atoms with Gasteiger partial charge in [-0.1, -0.05) is 0 Å². The molecule has 0 saturated carbocycles. The van der Waals surface area contributed by atoms with Crippen molar-refractivity contribution in [3.63, 3.8) is 0 Å². The molecule has 0 aliphatic heterocycles. The lowest BCUT2D eigenvalue weighted by Crippen LogP contribution is -2.30. The maximum Gasteiger partial charge on any atom is 0.252 e. The number of amides is 1. The number of aromatic nitrogens is 4. The van der Waals surface area contributed by atoms with Gasteiger partial charge in [-0.15, -0.1) is 0 Å². The molecule has 0 fully saturated rings. The Labute approximate surface area is 138 Å². The third-order valence-corrected chi connectivity index (χ3v) is 3.52. The van der Waals surface area contributed by atoms with Crippen molar-refractivity contribution in [2.45, 2.75) is 33.7 Å². The molecule has 0 spiro atoms. The number of nitrogens with one attached hydrogen (secondary N) is 2. The summed E-state index contributed by atoms with van der Waals surface area (Å²) < 4.78 is 1.50. The zero-order valence-corrected chi connectivity index (χ0v) is 13.8. The summed E-state index contributed by atoms with van der Waals surface area (Å²) in [7, 11) is 0.